The van der Waals surface area contributed by atoms with Gasteiger partial charge in [-0.2, -0.15) is 0 Å². The largest absolute Gasteiger partial charge is 0.391 e. The van der Waals surface area contributed by atoms with Crippen LogP contribution in [0.1, 0.15) is 12.0 Å². The minimum Gasteiger partial charge on any atom is -0.391 e. The molecule has 1 atom stereocenters. The lowest BCUT2D eigenvalue weighted by atomic mass is 10.1. The third kappa shape index (κ3) is 2.79. The number of aliphatic hydroxyl groups excluding tert-OH is 1. The Balaban J connectivity index is 2.05. The third-order valence-corrected chi connectivity index (χ3v) is 2.87. The number of likely N-dealkylation sites (tertiary alicyclic amines) is 1. The summed E-state index contributed by atoms with van der Waals surface area (Å²) >= 11 is 0. The maximum atomic E-state index is 13.3. The maximum absolute atomic E-state index is 13.3. The van der Waals surface area contributed by atoms with Crippen LogP contribution in [0.5, 0.6) is 0 Å². The number of carbonyl (C=O) groups is 1. The highest BCUT2D eigenvalue weighted by atomic mass is 19.1. The number of rotatable bonds is 2. The molecule has 5 heteroatoms. The first-order valence-corrected chi connectivity index (χ1v) is 5.46. The summed E-state index contributed by atoms with van der Waals surface area (Å²) in [6.45, 7) is 0.743. The van der Waals surface area contributed by atoms with E-state index in [4.69, 9.17) is 0 Å². The number of β-amino-alcohol motifs (C(OH)–C–C–N with tert-alkyl or cyclic N) is 1. The van der Waals surface area contributed by atoms with E-state index < -0.39 is 17.7 Å². The van der Waals surface area contributed by atoms with Crippen LogP contribution in [0.15, 0.2) is 18.2 Å². The smallest absolute Gasteiger partial charge is 0.227 e. The number of carbonyl (C=O) groups excluding carboxylic acids is 1. The minimum atomic E-state index is -0.584. The minimum absolute atomic E-state index is 0.0522. The lowest BCUT2D eigenvalue weighted by Crippen LogP contribution is -2.31. The van der Waals surface area contributed by atoms with E-state index in [1.807, 2.05) is 0 Å². The number of halogens is 2. The van der Waals surface area contributed by atoms with Crippen LogP contribution in [0.2, 0.25) is 0 Å². The van der Waals surface area contributed by atoms with Gasteiger partial charge in [0.05, 0.1) is 12.5 Å². The van der Waals surface area contributed by atoms with Crippen molar-refractivity contribution in [2.45, 2.75) is 18.9 Å². The van der Waals surface area contributed by atoms with Gasteiger partial charge in [0.25, 0.3) is 0 Å². The molecule has 92 valence electrons. The van der Waals surface area contributed by atoms with Crippen molar-refractivity contribution in [3.63, 3.8) is 0 Å². The van der Waals surface area contributed by atoms with Crippen LogP contribution in [0, 0.1) is 11.6 Å². The van der Waals surface area contributed by atoms with E-state index in [1.54, 1.807) is 0 Å². The molecule has 0 aromatic heterocycles. The Labute approximate surface area is 97.7 Å². The van der Waals surface area contributed by atoms with Crippen molar-refractivity contribution in [2.24, 2.45) is 0 Å². The van der Waals surface area contributed by atoms with Crippen LogP contribution < -0.4 is 0 Å². The molecule has 2 rings (SSSR count). The Morgan fingerprint density at radius 3 is 2.88 bits per heavy atom. The fraction of sp³-hybridized carbons (Fsp3) is 0.417. The Morgan fingerprint density at radius 2 is 2.24 bits per heavy atom. The lowest BCUT2D eigenvalue weighted by Gasteiger charge is -2.15. The normalized spacial score (nSPS) is 19.7. The zero-order valence-corrected chi connectivity index (χ0v) is 9.20. The van der Waals surface area contributed by atoms with Crippen molar-refractivity contribution in [1.82, 2.24) is 4.90 Å². The Hall–Kier alpha value is -1.49. The van der Waals surface area contributed by atoms with Crippen LogP contribution >= 0.6 is 0 Å². The van der Waals surface area contributed by atoms with Gasteiger partial charge in [0.1, 0.15) is 11.6 Å². The van der Waals surface area contributed by atoms with Gasteiger partial charge in [-0.05, 0) is 24.6 Å². The molecule has 0 spiro atoms. The summed E-state index contributed by atoms with van der Waals surface area (Å²) in [4.78, 5) is 13.2. The standard InChI is InChI=1S/C12H13F2NO2/c13-9-1-2-11(14)8(5-9)6-12(17)15-4-3-10(16)7-15/h1-2,5,10,16H,3-4,6-7H2/t10-/m1/s1. The quantitative estimate of drug-likeness (QED) is 0.842. The van der Waals surface area contributed by atoms with Crippen molar-refractivity contribution in [3.8, 4) is 0 Å². The fourth-order valence-corrected chi connectivity index (χ4v) is 1.92. The third-order valence-electron chi connectivity index (χ3n) is 2.87. The summed E-state index contributed by atoms with van der Waals surface area (Å²) in [5.74, 6) is -1.43. The van der Waals surface area contributed by atoms with Gasteiger partial charge in [0.2, 0.25) is 5.91 Å². The van der Waals surface area contributed by atoms with Gasteiger partial charge in [-0.3, -0.25) is 4.79 Å². The molecule has 0 unspecified atom stereocenters. The molecule has 1 fully saturated rings. The summed E-state index contributed by atoms with van der Waals surface area (Å²) in [5.41, 5.74) is 0.0522. The molecule has 1 aliphatic rings. The van der Waals surface area contributed by atoms with Gasteiger partial charge in [-0.25, -0.2) is 8.78 Å². The lowest BCUT2D eigenvalue weighted by molar-refractivity contribution is -0.129. The molecule has 1 N–H and O–H groups in total. The number of nitrogens with zero attached hydrogens (tertiary/aromatic N) is 1. The van der Waals surface area contributed by atoms with Gasteiger partial charge < -0.3 is 10.0 Å². The molecular weight excluding hydrogens is 228 g/mol. The average Bonchev–Trinajstić information content (AvgIpc) is 2.70. The highest BCUT2D eigenvalue weighted by Crippen LogP contribution is 2.14. The molecule has 3 nitrogen and oxygen atoms in total. The van der Waals surface area contributed by atoms with Crippen LogP contribution in [-0.4, -0.2) is 35.1 Å². The monoisotopic (exact) mass is 241 g/mol. The van der Waals surface area contributed by atoms with Crippen molar-refractivity contribution in [3.05, 3.63) is 35.4 Å². The maximum Gasteiger partial charge on any atom is 0.227 e. The second-order valence-electron chi connectivity index (χ2n) is 4.19. The second-order valence-corrected chi connectivity index (χ2v) is 4.19. The first-order chi connectivity index (χ1) is 8.06. The van der Waals surface area contributed by atoms with Crippen LogP contribution in [0.4, 0.5) is 8.78 Å². The summed E-state index contributed by atoms with van der Waals surface area (Å²) in [6.07, 6.45) is -0.135. The van der Waals surface area contributed by atoms with Gasteiger partial charge in [0.15, 0.2) is 0 Å². The molecule has 1 aromatic rings. The zero-order chi connectivity index (χ0) is 12.4. The van der Waals surface area contributed by atoms with Crippen molar-refractivity contribution in [2.75, 3.05) is 13.1 Å². The van der Waals surface area contributed by atoms with Gasteiger partial charge in [0, 0.05) is 18.7 Å². The molecule has 1 amide bonds. The first-order valence-electron chi connectivity index (χ1n) is 5.46. The summed E-state index contributed by atoms with van der Waals surface area (Å²) in [6, 6.07) is 3.05. The molecule has 0 saturated carbocycles. The molecular formula is C12H13F2NO2. The Kier molecular flexibility index (Phi) is 3.38. The number of hydrogen-bond donors (Lipinski definition) is 1. The Morgan fingerprint density at radius 1 is 1.47 bits per heavy atom. The summed E-state index contributed by atoms with van der Waals surface area (Å²) in [7, 11) is 0. The van der Waals surface area contributed by atoms with Crippen LogP contribution in [0.25, 0.3) is 0 Å². The Bertz CT molecular complexity index is 437. The van der Waals surface area contributed by atoms with Gasteiger partial charge in [-0.15, -0.1) is 0 Å². The van der Waals surface area contributed by atoms with Crippen molar-refractivity contribution < 1.29 is 18.7 Å². The van der Waals surface area contributed by atoms with E-state index in [0.717, 1.165) is 18.2 Å². The second kappa shape index (κ2) is 4.79. The highest BCUT2D eigenvalue weighted by molar-refractivity contribution is 5.79. The van der Waals surface area contributed by atoms with E-state index in [9.17, 15) is 18.7 Å². The van der Waals surface area contributed by atoms with Crippen LogP contribution in [-0.2, 0) is 11.2 Å². The van der Waals surface area contributed by atoms with E-state index in [2.05, 4.69) is 0 Å². The SMILES string of the molecule is O=C(Cc1cc(F)ccc1F)N1CC[C@@H](O)C1. The van der Waals surface area contributed by atoms with Crippen LogP contribution in [0.3, 0.4) is 0 Å². The number of hydrogen-bond acceptors (Lipinski definition) is 2. The fourth-order valence-electron chi connectivity index (χ4n) is 1.92. The predicted molar refractivity (Wildman–Crippen MR) is 57.3 cm³/mol. The first kappa shape index (κ1) is 12.0. The highest BCUT2D eigenvalue weighted by Gasteiger charge is 2.25. The number of aliphatic hydroxyl groups is 1. The van der Waals surface area contributed by atoms with E-state index >= 15 is 0 Å². The zero-order valence-electron chi connectivity index (χ0n) is 9.20. The number of benzene rings is 1. The summed E-state index contributed by atoms with van der Waals surface area (Å²) in [5, 5.41) is 9.29. The van der Waals surface area contributed by atoms with Crippen molar-refractivity contribution in [1.29, 1.82) is 0 Å². The molecule has 0 radical (unpaired) electrons. The molecule has 0 aliphatic carbocycles. The molecule has 1 saturated heterocycles. The van der Waals surface area contributed by atoms with E-state index in [-0.39, 0.29) is 24.4 Å². The average molecular weight is 241 g/mol. The predicted octanol–water partition coefficient (Wildman–Crippen LogP) is 1.10. The molecule has 1 heterocycles. The van der Waals surface area contributed by atoms with Gasteiger partial charge >= 0.3 is 0 Å². The topological polar surface area (TPSA) is 40.5 Å². The van der Waals surface area contributed by atoms with E-state index in [0.29, 0.717) is 13.0 Å². The summed E-state index contributed by atoms with van der Waals surface area (Å²) < 4.78 is 26.2. The molecule has 1 aromatic carbocycles. The molecule has 1 aliphatic heterocycles. The molecule has 17 heavy (non-hydrogen) atoms. The van der Waals surface area contributed by atoms with Crippen molar-refractivity contribution >= 4 is 5.91 Å². The van der Waals surface area contributed by atoms with E-state index in [1.165, 1.54) is 4.90 Å². The molecule has 0 bridgehead atoms. The van der Waals surface area contributed by atoms with Gasteiger partial charge in [-0.1, -0.05) is 0 Å². The number of amides is 1.